The lowest BCUT2D eigenvalue weighted by molar-refractivity contribution is 0.561. The van der Waals surface area contributed by atoms with Gasteiger partial charge < -0.3 is 0 Å². The molecule has 0 aliphatic carbocycles. The van der Waals surface area contributed by atoms with E-state index in [9.17, 15) is 0 Å². The lowest BCUT2D eigenvalue weighted by Crippen LogP contribution is -1.97. The van der Waals surface area contributed by atoms with Crippen LogP contribution >= 0.6 is 0 Å². The van der Waals surface area contributed by atoms with Crippen LogP contribution in [0.2, 0.25) is 0 Å². The van der Waals surface area contributed by atoms with Crippen molar-refractivity contribution in [1.29, 1.82) is 5.26 Å². The van der Waals surface area contributed by atoms with Crippen molar-refractivity contribution in [1.82, 2.24) is 9.78 Å². The Kier molecular flexibility index (Phi) is 3.34. The maximum Gasteiger partial charge on any atom is 0.0621 e. The minimum absolute atomic E-state index is 0.653. The van der Waals surface area contributed by atoms with Crippen molar-refractivity contribution in [3.8, 4) is 6.07 Å². The molecule has 0 saturated heterocycles. The van der Waals surface area contributed by atoms with Gasteiger partial charge in [0, 0.05) is 19.2 Å². The van der Waals surface area contributed by atoms with E-state index >= 15 is 0 Å². The Balaban J connectivity index is 2.21. The largest absolute Gasteiger partial charge is 0.272 e. The molecule has 1 rings (SSSR count). The lowest BCUT2D eigenvalue weighted by Gasteiger charge is -1.97. The van der Waals surface area contributed by atoms with E-state index in [0.717, 1.165) is 19.4 Å². The monoisotopic (exact) mass is 163 g/mol. The van der Waals surface area contributed by atoms with E-state index in [0.29, 0.717) is 6.42 Å². The van der Waals surface area contributed by atoms with Gasteiger partial charge in [-0.3, -0.25) is 4.68 Å². The summed E-state index contributed by atoms with van der Waals surface area (Å²) in [5.41, 5.74) is 1.19. The summed E-state index contributed by atoms with van der Waals surface area (Å²) in [4.78, 5) is 0. The third-order valence-corrected chi connectivity index (χ3v) is 1.69. The highest BCUT2D eigenvalue weighted by molar-refractivity contribution is 4.99. The zero-order valence-electron chi connectivity index (χ0n) is 7.32. The molecule has 0 spiro atoms. The standard InChI is InChI=1S/C9H13N3/c1-9-7-11-12(8-9)6-4-2-3-5-10/h7-8H,2-4,6H2,1H3. The molecule has 0 atom stereocenters. The Bertz CT molecular complexity index is 270. The van der Waals surface area contributed by atoms with Gasteiger partial charge in [0.05, 0.1) is 12.3 Å². The zero-order valence-corrected chi connectivity index (χ0v) is 7.32. The second-order valence-electron chi connectivity index (χ2n) is 2.90. The van der Waals surface area contributed by atoms with Gasteiger partial charge in [-0.05, 0) is 25.3 Å². The van der Waals surface area contributed by atoms with Crippen LogP contribution < -0.4 is 0 Å². The predicted octanol–water partition coefficient (Wildman–Crippen LogP) is 1.89. The van der Waals surface area contributed by atoms with E-state index < -0.39 is 0 Å². The Hall–Kier alpha value is -1.30. The van der Waals surface area contributed by atoms with E-state index in [-0.39, 0.29) is 0 Å². The Morgan fingerprint density at radius 3 is 3.00 bits per heavy atom. The summed E-state index contributed by atoms with van der Waals surface area (Å²) in [5, 5.41) is 12.4. The summed E-state index contributed by atoms with van der Waals surface area (Å²) in [6.07, 6.45) is 6.53. The van der Waals surface area contributed by atoms with Crippen molar-refractivity contribution in [3.05, 3.63) is 18.0 Å². The highest BCUT2D eigenvalue weighted by Crippen LogP contribution is 1.99. The van der Waals surface area contributed by atoms with Crippen LogP contribution in [0.3, 0.4) is 0 Å². The average Bonchev–Trinajstić information content (AvgIpc) is 2.45. The molecule has 3 heteroatoms. The molecule has 0 bridgehead atoms. The number of unbranched alkanes of at least 4 members (excludes halogenated alkanes) is 2. The highest BCUT2D eigenvalue weighted by Gasteiger charge is 1.92. The molecule has 0 N–H and O–H groups in total. The summed E-state index contributed by atoms with van der Waals surface area (Å²) in [7, 11) is 0. The van der Waals surface area contributed by atoms with E-state index in [4.69, 9.17) is 5.26 Å². The van der Waals surface area contributed by atoms with Gasteiger partial charge in [-0.15, -0.1) is 0 Å². The van der Waals surface area contributed by atoms with E-state index in [1.54, 1.807) is 0 Å². The molecule has 12 heavy (non-hydrogen) atoms. The number of nitrogens with zero attached hydrogens (tertiary/aromatic N) is 3. The van der Waals surface area contributed by atoms with E-state index in [1.807, 2.05) is 24.0 Å². The molecule has 0 radical (unpaired) electrons. The van der Waals surface area contributed by atoms with Gasteiger partial charge in [0.1, 0.15) is 0 Å². The second-order valence-corrected chi connectivity index (χ2v) is 2.90. The van der Waals surface area contributed by atoms with E-state index in [2.05, 4.69) is 11.2 Å². The summed E-state index contributed by atoms with van der Waals surface area (Å²) < 4.78 is 1.92. The van der Waals surface area contributed by atoms with Crippen LogP contribution in [0.4, 0.5) is 0 Å². The van der Waals surface area contributed by atoms with Gasteiger partial charge >= 0.3 is 0 Å². The SMILES string of the molecule is Cc1cnn(CCCCC#N)c1. The smallest absolute Gasteiger partial charge is 0.0621 e. The Morgan fingerprint density at radius 2 is 2.42 bits per heavy atom. The average molecular weight is 163 g/mol. The second kappa shape index (κ2) is 4.55. The molecule has 0 fully saturated rings. The lowest BCUT2D eigenvalue weighted by atomic mass is 10.2. The first kappa shape index (κ1) is 8.79. The number of nitriles is 1. The van der Waals surface area contributed by atoms with Gasteiger partial charge in [-0.1, -0.05) is 0 Å². The number of hydrogen-bond acceptors (Lipinski definition) is 2. The number of aryl methyl sites for hydroxylation is 2. The highest BCUT2D eigenvalue weighted by atomic mass is 15.3. The van der Waals surface area contributed by atoms with E-state index in [1.165, 1.54) is 5.56 Å². The van der Waals surface area contributed by atoms with Gasteiger partial charge in [0.15, 0.2) is 0 Å². The fraction of sp³-hybridized carbons (Fsp3) is 0.556. The quantitative estimate of drug-likeness (QED) is 0.636. The molecule has 0 aliphatic rings. The van der Waals surface area contributed by atoms with Gasteiger partial charge in [0.25, 0.3) is 0 Å². The molecule has 0 aromatic carbocycles. The first-order valence-corrected chi connectivity index (χ1v) is 4.19. The maximum atomic E-state index is 8.30. The molecule has 0 saturated carbocycles. The van der Waals surface area contributed by atoms with Crippen molar-refractivity contribution < 1.29 is 0 Å². The molecule has 1 aromatic heterocycles. The summed E-state index contributed by atoms with van der Waals surface area (Å²) in [6.45, 7) is 2.95. The first-order chi connectivity index (χ1) is 5.83. The van der Waals surface area contributed by atoms with Crippen molar-refractivity contribution in [2.75, 3.05) is 0 Å². The molecule has 1 heterocycles. The van der Waals surface area contributed by atoms with Crippen molar-refractivity contribution in [2.24, 2.45) is 0 Å². The third-order valence-electron chi connectivity index (χ3n) is 1.69. The molecular weight excluding hydrogens is 150 g/mol. The number of rotatable bonds is 4. The van der Waals surface area contributed by atoms with Gasteiger partial charge in [-0.25, -0.2) is 0 Å². The Labute approximate surface area is 72.6 Å². The van der Waals surface area contributed by atoms with Crippen LogP contribution in [0.15, 0.2) is 12.4 Å². The van der Waals surface area contributed by atoms with Crippen LogP contribution in [0.1, 0.15) is 24.8 Å². The van der Waals surface area contributed by atoms with Crippen LogP contribution in [0, 0.1) is 18.3 Å². The third kappa shape index (κ3) is 2.75. The molecule has 1 aromatic rings. The molecule has 0 unspecified atom stereocenters. The number of hydrogen-bond donors (Lipinski definition) is 0. The first-order valence-electron chi connectivity index (χ1n) is 4.19. The van der Waals surface area contributed by atoms with Crippen LogP contribution in [0.5, 0.6) is 0 Å². The van der Waals surface area contributed by atoms with Crippen molar-refractivity contribution in [2.45, 2.75) is 32.7 Å². The maximum absolute atomic E-state index is 8.30. The zero-order chi connectivity index (χ0) is 8.81. The summed E-state index contributed by atoms with van der Waals surface area (Å²) in [6, 6.07) is 2.13. The molecule has 0 amide bonds. The fourth-order valence-corrected chi connectivity index (χ4v) is 1.07. The number of aromatic nitrogens is 2. The minimum Gasteiger partial charge on any atom is -0.272 e. The van der Waals surface area contributed by atoms with Crippen LogP contribution in [-0.2, 0) is 6.54 Å². The Morgan fingerprint density at radius 1 is 1.58 bits per heavy atom. The molecule has 3 nitrogen and oxygen atoms in total. The summed E-state index contributed by atoms with van der Waals surface area (Å²) in [5.74, 6) is 0. The fourth-order valence-electron chi connectivity index (χ4n) is 1.07. The van der Waals surface area contributed by atoms with Crippen LogP contribution in [0.25, 0.3) is 0 Å². The topological polar surface area (TPSA) is 41.6 Å². The molecule has 0 aliphatic heterocycles. The van der Waals surface area contributed by atoms with Gasteiger partial charge in [-0.2, -0.15) is 10.4 Å². The minimum atomic E-state index is 0.653. The van der Waals surface area contributed by atoms with Crippen molar-refractivity contribution >= 4 is 0 Å². The molecular formula is C9H13N3. The normalized spacial score (nSPS) is 9.67. The van der Waals surface area contributed by atoms with Crippen molar-refractivity contribution in [3.63, 3.8) is 0 Å². The summed E-state index contributed by atoms with van der Waals surface area (Å²) >= 11 is 0. The predicted molar refractivity (Wildman–Crippen MR) is 46.4 cm³/mol. The van der Waals surface area contributed by atoms with Crippen LogP contribution in [-0.4, -0.2) is 9.78 Å². The molecule has 64 valence electrons. The van der Waals surface area contributed by atoms with Gasteiger partial charge in [0.2, 0.25) is 0 Å².